The molecule has 1 rings (SSSR count). The van der Waals surface area contributed by atoms with Gasteiger partial charge in [-0.2, -0.15) is 0 Å². The number of ether oxygens (including phenoxy) is 1. The van der Waals surface area contributed by atoms with Crippen molar-refractivity contribution in [2.24, 2.45) is 5.41 Å². The summed E-state index contributed by atoms with van der Waals surface area (Å²) in [6, 6.07) is 7.53. The molecule has 0 aliphatic rings. The maximum absolute atomic E-state index is 11.8. The predicted molar refractivity (Wildman–Crippen MR) is 78.8 cm³/mol. The number of benzene rings is 1. The normalized spacial score (nSPS) is 11.2. The first-order chi connectivity index (χ1) is 8.96. The van der Waals surface area contributed by atoms with E-state index in [9.17, 15) is 4.79 Å². The Balaban J connectivity index is 2.42. The van der Waals surface area contributed by atoms with Crippen LogP contribution in [0.4, 0.5) is 0 Å². The molecule has 1 aromatic carbocycles. The minimum absolute atomic E-state index is 0.0350. The summed E-state index contributed by atoms with van der Waals surface area (Å²) in [5.74, 6) is 1.45. The first-order valence-corrected chi connectivity index (χ1v) is 6.96. The van der Waals surface area contributed by atoms with E-state index in [1.54, 1.807) is 7.11 Å². The summed E-state index contributed by atoms with van der Waals surface area (Å²) in [4.78, 5) is 11.8. The molecule has 0 saturated carbocycles. The first kappa shape index (κ1) is 15.8. The maximum atomic E-state index is 11.8. The molecule has 3 nitrogen and oxygen atoms in total. The average Bonchev–Trinajstić information content (AvgIpc) is 2.37. The van der Waals surface area contributed by atoms with Gasteiger partial charge in [0, 0.05) is 12.4 Å². The molecule has 0 unspecified atom stereocenters. The topological polar surface area (TPSA) is 38.3 Å². The summed E-state index contributed by atoms with van der Waals surface area (Å²) >= 11 is 5.74. The molecule has 1 amide bonds. The first-order valence-electron chi connectivity index (χ1n) is 6.42. The summed E-state index contributed by atoms with van der Waals surface area (Å²) < 4.78 is 5.08. The van der Waals surface area contributed by atoms with Crippen molar-refractivity contribution in [1.82, 2.24) is 5.32 Å². The van der Waals surface area contributed by atoms with Crippen molar-refractivity contribution < 1.29 is 9.53 Å². The second-order valence-corrected chi connectivity index (χ2v) is 5.78. The van der Waals surface area contributed by atoms with Crippen LogP contribution in [-0.2, 0) is 11.2 Å². The highest BCUT2D eigenvalue weighted by atomic mass is 35.5. The number of hydrogen-bond donors (Lipinski definition) is 1. The number of methoxy groups -OCH3 is 1. The van der Waals surface area contributed by atoms with E-state index >= 15 is 0 Å². The summed E-state index contributed by atoms with van der Waals surface area (Å²) in [7, 11) is 1.63. The summed E-state index contributed by atoms with van der Waals surface area (Å²) in [6.45, 7) is 4.85. The molecule has 0 spiro atoms. The van der Waals surface area contributed by atoms with E-state index in [0.717, 1.165) is 17.7 Å². The van der Waals surface area contributed by atoms with Crippen molar-refractivity contribution in [3.63, 3.8) is 0 Å². The molecule has 0 saturated heterocycles. The highest BCUT2D eigenvalue weighted by Crippen LogP contribution is 2.19. The van der Waals surface area contributed by atoms with Gasteiger partial charge in [0.2, 0.25) is 5.91 Å². The predicted octanol–water partition coefficient (Wildman–Crippen LogP) is 3.01. The van der Waals surface area contributed by atoms with Gasteiger partial charge in [-0.15, -0.1) is 11.6 Å². The maximum Gasteiger partial charge on any atom is 0.224 e. The third-order valence-corrected chi connectivity index (χ3v) is 3.25. The zero-order valence-electron chi connectivity index (χ0n) is 11.8. The van der Waals surface area contributed by atoms with E-state index in [1.165, 1.54) is 0 Å². The third-order valence-electron chi connectivity index (χ3n) is 3.06. The van der Waals surface area contributed by atoms with Crippen molar-refractivity contribution in [2.45, 2.75) is 26.7 Å². The number of hydrogen-bond acceptors (Lipinski definition) is 2. The summed E-state index contributed by atoms with van der Waals surface area (Å²) in [6.07, 6.45) is 1.28. The number of nitrogens with one attached hydrogen (secondary N) is 1. The lowest BCUT2D eigenvalue weighted by atomic mass is 9.90. The van der Waals surface area contributed by atoms with Crippen molar-refractivity contribution in [2.75, 3.05) is 19.5 Å². The van der Waals surface area contributed by atoms with Crippen LogP contribution in [0.15, 0.2) is 24.3 Å². The van der Waals surface area contributed by atoms with Crippen LogP contribution < -0.4 is 10.1 Å². The van der Waals surface area contributed by atoms with Gasteiger partial charge in [0.15, 0.2) is 0 Å². The Bertz CT molecular complexity index is 401. The lowest BCUT2D eigenvalue weighted by Gasteiger charge is -2.23. The number of carbonyl (C=O) groups is 1. The van der Waals surface area contributed by atoms with Crippen LogP contribution in [0, 0.1) is 5.41 Å². The number of alkyl halides is 1. The van der Waals surface area contributed by atoms with Gasteiger partial charge in [0.05, 0.1) is 13.5 Å². The highest BCUT2D eigenvalue weighted by Gasteiger charge is 2.17. The molecule has 1 N–H and O–H groups in total. The molecule has 0 bridgehead atoms. The quantitative estimate of drug-likeness (QED) is 0.781. The van der Waals surface area contributed by atoms with E-state index in [2.05, 4.69) is 19.2 Å². The van der Waals surface area contributed by atoms with Crippen LogP contribution >= 0.6 is 11.6 Å². The van der Waals surface area contributed by atoms with Gasteiger partial charge in [-0.1, -0.05) is 26.0 Å². The Morgan fingerprint density at radius 1 is 1.32 bits per heavy atom. The lowest BCUT2D eigenvalue weighted by molar-refractivity contribution is -0.120. The van der Waals surface area contributed by atoms with E-state index in [4.69, 9.17) is 16.3 Å². The van der Waals surface area contributed by atoms with Crippen molar-refractivity contribution in [3.05, 3.63) is 29.8 Å². The monoisotopic (exact) mass is 283 g/mol. The van der Waals surface area contributed by atoms with Crippen LogP contribution in [0.1, 0.15) is 25.8 Å². The minimum Gasteiger partial charge on any atom is -0.497 e. The molecule has 0 radical (unpaired) electrons. The van der Waals surface area contributed by atoms with Crippen LogP contribution in [0.2, 0.25) is 0 Å². The van der Waals surface area contributed by atoms with Gasteiger partial charge in [-0.3, -0.25) is 4.79 Å². The van der Waals surface area contributed by atoms with Gasteiger partial charge >= 0.3 is 0 Å². The number of halogens is 1. The van der Waals surface area contributed by atoms with Crippen molar-refractivity contribution in [1.29, 1.82) is 0 Å². The van der Waals surface area contributed by atoms with Crippen LogP contribution in [0.3, 0.4) is 0 Å². The Morgan fingerprint density at radius 3 is 2.47 bits per heavy atom. The summed E-state index contributed by atoms with van der Waals surface area (Å²) in [5.41, 5.74) is 1.02. The number of rotatable bonds is 7. The van der Waals surface area contributed by atoms with E-state index < -0.39 is 0 Å². The smallest absolute Gasteiger partial charge is 0.224 e. The molecule has 19 heavy (non-hydrogen) atoms. The fourth-order valence-corrected chi connectivity index (χ4v) is 2.18. The molecule has 0 aliphatic heterocycles. The SMILES string of the molecule is COc1ccc(CC(=O)NCC(C)(C)CCCl)cc1. The molecule has 4 heteroatoms. The Hall–Kier alpha value is -1.22. The number of carbonyl (C=O) groups excluding carboxylic acids is 1. The Morgan fingerprint density at radius 2 is 1.95 bits per heavy atom. The van der Waals surface area contributed by atoms with Gasteiger partial charge in [0.25, 0.3) is 0 Å². The molecule has 0 aliphatic carbocycles. The fourth-order valence-electron chi connectivity index (χ4n) is 1.67. The molecule has 0 heterocycles. The highest BCUT2D eigenvalue weighted by molar-refractivity contribution is 6.17. The van der Waals surface area contributed by atoms with Gasteiger partial charge in [-0.05, 0) is 29.5 Å². The van der Waals surface area contributed by atoms with Crippen molar-refractivity contribution in [3.8, 4) is 5.75 Å². The van der Waals surface area contributed by atoms with Crippen LogP contribution in [0.25, 0.3) is 0 Å². The molecule has 0 aromatic heterocycles. The van der Waals surface area contributed by atoms with Crippen LogP contribution in [0.5, 0.6) is 5.75 Å². The molecular formula is C15H22ClNO2. The fraction of sp³-hybridized carbons (Fsp3) is 0.533. The minimum atomic E-state index is 0.0350. The molecular weight excluding hydrogens is 262 g/mol. The molecule has 1 aromatic rings. The Labute approximate surface area is 120 Å². The van der Waals surface area contributed by atoms with Gasteiger partial charge < -0.3 is 10.1 Å². The van der Waals surface area contributed by atoms with Crippen molar-refractivity contribution >= 4 is 17.5 Å². The molecule has 106 valence electrons. The zero-order chi connectivity index (χ0) is 14.3. The van der Waals surface area contributed by atoms with E-state index in [-0.39, 0.29) is 11.3 Å². The lowest BCUT2D eigenvalue weighted by Crippen LogP contribution is -2.35. The third kappa shape index (κ3) is 5.97. The molecule has 0 fully saturated rings. The van der Waals surface area contributed by atoms with E-state index in [1.807, 2.05) is 24.3 Å². The average molecular weight is 284 g/mol. The number of amides is 1. The standard InChI is InChI=1S/C15H22ClNO2/c1-15(2,8-9-16)11-17-14(18)10-12-4-6-13(19-3)7-5-12/h4-7H,8-11H2,1-3H3,(H,17,18). The second-order valence-electron chi connectivity index (χ2n) is 5.40. The molecule has 0 atom stereocenters. The van der Waals surface area contributed by atoms with Crippen LogP contribution in [-0.4, -0.2) is 25.4 Å². The second kappa shape index (κ2) is 7.39. The van der Waals surface area contributed by atoms with E-state index in [0.29, 0.717) is 18.8 Å². The zero-order valence-corrected chi connectivity index (χ0v) is 12.6. The van der Waals surface area contributed by atoms with Gasteiger partial charge in [-0.25, -0.2) is 0 Å². The Kier molecular flexibility index (Phi) is 6.16. The summed E-state index contributed by atoms with van der Waals surface area (Å²) in [5, 5.41) is 2.96. The largest absolute Gasteiger partial charge is 0.497 e. The van der Waals surface area contributed by atoms with Gasteiger partial charge in [0.1, 0.15) is 5.75 Å².